The molecule has 2 aromatic carbocycles. The number of methoxy groups -OCH3 is 1. The molecule has 182 valence electrons. The Morgan fingerprint density at radius 2 is 1.88 bits per heavy atom. The van der Waals surface area contributed by atoms with Crippen LogP contribution in [0.2, 0.25) is 0 Å². The lowest BCUT2D eigenvalue weighted by atomic mass is 9.98. The van der Waals surface area contributed by atoms with Crippen LogP contribution in [0.5, 0.6) is 5.75 Å². The number of thiazole rings is 1. The summed E-state index contributed by atoms with van der Waals surface area (Å²) in [5.41, 5.74) is 2.27. The van der Waals surface area contributed by atoms with E-state index in [4.69, 9.17) is 4.74 Å². The van der Waals surface area contributed by atoms with Gasteiger partial charge in [0.2, 0.25) is 10.0 Å². The van der Waals surface area contributed by atoms with Crippen molar-refractivity contribution in [3.05, 3.63) is 52.8 Å². The molecule has 0 spiro atoms. The predicted octanol–water partition coefficient (Wildman–Crippen LogP) is 3.91. The lowest BCUT2D eigenvalue weighted by Crippen LogP contribution is -2.40. The first-order valence-electron chi connectivity index (χ1n) is 11.1. The number of aryl methyl sites for hydroxylation is 2. The van der Waals surface area contributed by atoms with Gasteiger partial charge in [0.1, 0.15) is 5.75 Å². The molecule has 0 radical (unpaired) electrons. The van der Waals surface area contributed by atoms with Gasteiger partial charge in [0.25, 0.3) is 5.91 Å². The van der Waals surface area contributed by atoms with Crippen molar-refractivity contribution in [3.63, 3.8) is 0 Å². The van der Waals surface area contributed by atoms with Gasteiger partial charge in [-0.3, -0.25) is 4.79 Å². The van der Waals surface area contributed by atoms with Crippen LogP contribution in [0.4, 0.5) is 0 Å². The second-order valence-electron chi connectivity index (χ2n) is 8.30. The van der Waals surface area contributed by atoms with Crippen LogP contribution in [-0.4, -0.2) is 55.4 Å². The van der Waals surface area contributed by atoms with E-state index in [9.17, 15) is 13.2 Å². The van der Waals surface area contributed by atoms with E-state index in [-0.39, 0.29) is 16.7 Å². The monoisotopic (exact) mass is 519 g/mol. The van der Waals surface area contributed by atoms with Gasteiger partial charge in [-0.1, -0.05) is 17.4 Å². The van der Waals surface area contributed by atoms with Crippen molar-refractivity contribution in [1.29, 1.82) is 0 Å². The number of carbonyl (C=O) groups excluding carboxylic acids is 1. The Kier molecular flexibility index (Phi) is 7.81. The van der Waals surface area contributed by atoms with Gasteiger partial charge < -0.3 is 9.30 Å². The van der Waals surface area contributed by atoms with E-state index in [1.807, 2.05) is 0 Å². The normalized spacial score (nSPS) is 16.3. The van der Waals surface area contributed by atoms with Gasteiger partial charge >= 0.3 is 0 Å². The molecule has 4 rings (SSSR count). The SMILES string of the molecule is COc1ccc(S(=O)(=O)N2CCC(C(=O)N=c3sc4cc(C)ccc4n3CCSC)CC2)cc1. The summed E-state index contributed by atoms with van der Waals surface area (Å²) in [5.74, 6) is 1.10. The molecule has 3 aromatic rings. The van der Waals surface area contributed by atoms with Gasteiger partial charge in [-0.25, -0.2) is 8.42 Å². The molecule has 1 fully saturated rings. The van der Waals surface area contributed by atoms with E-state index >= 15 is 0 Å². The number of nitrogens with zero attached hydrogens (tertiary/aromatic N) is 3. The number of hydrogen-bond acceptors (Lipinski definition) is 6. The predicted molar refractivity (Wildman–Crippen MR) is 138 cm³/mol. The van der Waals surface area contributed by atoms with E-state index in [1.165, 1.54) is 21.2 Å². The lowest BCUT2D eigenvalue weighted by Gasteiger charge is -2.29. The van der Waals surface area contributed by atoms with Crippen LogP contribution < -0.4 is 9.54 Å². The summed E-state index contributed by atoms with van der Waals surface area (Å²) in [5, 5.41) is 0. The maximum atomic E-state index is 13.1. The maximum absolute atomic E-state index is 13.1. The number of rotatable bonds is 7. The third-order valence-corrected chi connectivity index (χ3v) is 9.61. The minimum atomic E-state index is -3.60. The third kappa shape index (κ3) is 5.25. The lowest BCUT2D eigenvalue weighted by molar-refractivity contribution is -0.122. The van der Waals surface area contributed by atoms with Crippen molar-refractivity contribution in [2.24, 2.45) is 10.9 Å². The van der Waals surface area contributed by atoms with Crippen LogP contribution in [0.3, 0.4) is 0 Å². The Balaban J connectivity index is 1.51. The van der Waals surface area contributed by atoms with Crippen molar-refractivity contribution < 1.29 is 17.9 Å². The number of thioether (sulfide) groups is 1. The van der Waals surface area contributed by atoms with Crippen molar-refractivity contribution in [2.45, 2.75) is 31.2 Å². The quantitative estimate of drug-likeness (QED) is 0.473. The Morgan fingerprint density at radius 1 is 1.18 bits per heavy atom. The molecule has 0 N–H and O–H groups in total. The smallest absolute Gasteiger partial charge is 0.251 e. The largest absolute Gasteiger partial charge is 0.497 e. The summed E-state index contributed by atoms with van der Waals surface area (Å²) >= 11 is 3.29. The number of piperidine rings is 1. The summed E-state index contributed by atoms with van der Waals surface area (Å²) < 4.78 is 35.8. The molecule has 34 heavy (non-hydrogen) atoms. The first kappa shape index (κ1) is 25.0. The van der Waals surface area contributed by atoms with Crippen LogP contribution in [0.25, 0.3) is 10.2 Å². The molecular formula is C24H29N3O4S3. The topological polar surface area (TPSA) is 81.0 Å². The first-order chi connectivity index (χ1) is 16.3. The van der Waals surface area contributed by atoms with Crippen LogP contribution in [0.1, 0.15) is 18.4 Å². The van der Waals surface area contributed by atoms with Crippen molar-refractivity contribution in [2.75, 3.05) is 32.2 Å². The minimum Gasteiger partial charge on any atom is -0.497 e. The number of aromatic nitrogens is 1. The summed E-state index contributed by atoms with van der Waals surface area (Å²) in [6.45, 7) is 3.45. The fraction of sp³-hybridized carbons (Fsp3) is 0.417. The molecule has 0 unspecified atom stereocenters. The molecule has 1 aliphatic rings. The molecule has 1 aliphatic heterocycles. The van der Waals surface area contributed by atoms with Gasteiger partial charge in [0, 0.05) is 31.3 Å². The molecule has 1 amide bonds. The third-order valence-electron chi connectivity index (χ3n) is 6.06. The molecule has 1 aromatic heterocycles. The maximum Gasteiger partial charge on any atom is 0.251 e. The van der Waals surface area contributed by atoms with Crippen molar-refractivity contribution in [3.8, 4) is 5.75 Å². The second-order valence-corrected chi connectivity index (χ2v) is 12.2. The van der Waals surface area contributed by atoms with E-state index in [1.54, 1.807) is 43.1 Å². The van der Waals surface area contributed by atoms with Crippen LogP contribution in [0, 0.1) is 12.8 Å². The van der Waals surface area contributed by atoms with Crippen LogP contribution in [0.15, 0.2) is 52.4 Å². The van der Waals surface area contributed by atoms with E-state index in [2.05, 4.69) is 40.9 Å². The molecule has 7 nitrogen and oxygen atoms in total. The van der Waals surface area contributed by atoms with E-state index in [0.29, 0.717) is 36.5 Å². The molecule has 10 heteroatoms. The zero-order chi connectivity index (χ0) is 24.3. The number of benzene rings is 2. The Morgan fingerprint density at radius 3 is 2.53 bits per heavy atom. The number of sulfonamides is 1. The first-order valence-corrected chi connectivity index (χ1v) is 14.8. The summed E-state index contributed by atoms with van der Waals surface area (Å²) in [6.07, 6.45) is 2.99. The molecule has 2 heterocycles. The second kappa shape index (κ2) is 10.6. The number of fused-ring (bicyclic) bond motifs is 1. The summed E-state index contributed by atoms with van der Waals surface area (Å²) in [6, 6.07) is 12.7. The average Bonchev–Trinajstić information content (AvgIpc) is 3.18. The minimum absolute atomic E-state index is 0.164. The zero-order valence-corrected chi connectivity index (χ0v) is 22.0. The average molecular weight is 520 g/mol. The highest BCUT2D eigenvalue weighted by atomic mass is 32.2. The number of amides is 1. The molecule has 1 saturated heterocycles. The van der Waals surface area contributed by atoms with E-state index in [0.717, 1.165) is 22.5 Å². The highest BCUT2D eigenvalue weighted by Gasteiger charge is 2.32. The Labute approximate surface area is 208 Å². The fourth-order valence-corrected chi connectivity index (χ4v) is 7.08. The Hall–Kier alpha value is -2.14. The summed E-state index contributed by atoms with van der Waals surface area (Å²) in [4.78, 5) is 18.5. The zero-order valence-electron chi connectivity index (χ0n) is 19.6. The van der Waals surface area contributed by atoms with Gasteiger partial charge in [-0.15, -0.1) is 0 Å². The molecule has 0 aliphatic carbocycles. The highest BCUT2D eigenvalue weighted by molar-refractivity contribution is 7.98. The highest BCUT2D eigenvalue weighted by Crippen LogP contribution is 2.26. The van der Waals surface area contributed by atoms with E-state index < -0.39 is 10.0 Å². The van der Waals surface area contributed by atoms with Crippen LogP contribution in [-0.2, 0) is 21.4 Å². The fourth-order valence-electron chi connectivity index (χ4n) is 4.09. The number of hydrogen-bond donors (Lipinski definition) is 0. The molecule has 0 saturated carbocycles. The molecular weight excluding hydrogens is 490 g/mol. The van der Waals surface area contributed by atoms with Gasteiger partial charge in [0.05, 0.1) is 22.2 Å². The van der Waals surface area contributed by atoms with Crippen molar-refractivity contribution >= 4 is 49.2 Å². The van der Waals surface area contributed by atoms with Gasteiger partial charge in [0.15, 0.2) is 4.80 Å². The standard InChI is InChI=1S/C24H29N3O4S3/c1-17-4-9-21-22(16-17)33-24(27(21)14-15-32-3)25-23(28)18-10-12-26(13-11-18)34(29,30)20-7-5-19(31-2)6-8-20/h4-9,16,18H,10-15H2,1-3H3. The van der Waals surface area contributed by atoms with Gasteiger partial charge in [-0.2, -0.15) is 21.1 Å². The Bertz CT molecular complexity index is 1340. The molecule has 0 atom stereocenters. The number of carbonyl (C=O) groups is 1. The van der Waals surface area contributed by atoms with Crippen molar-refractivity contribution in [1.82, 2.24) is 8.87 Å². The molecule has 0 bridgehead atoms. The van der Waals surface area contributed by atoms with Crippen LogP contribution >= 0.6 is 23.1 Å². The number of ether oxygens (including phenoxy) is 1. The summed E-state index contributed by atoms with van der Waals surface area (Å²) in [7, 11) is -2.06. The van der Waals surface area contributed by atoms with Gasteiger partial charge in [-0.05, 0) is 68.0 Å².